The molecule has 1 atom stereocenters. The second-order valence-corrected chi connectivity index (χ2v) is 4.35. The second-order valence-electron chi connectivity index (χ2n) is 3.44. The van der Waals surface area contributed by atoms with E-state index in [1.165, 1.54) is 12.1 Å². The third kappa shape index (κ3) is 3.86. The Kier molecular flexibility index (Phi) is 4.55. The van der Waals surface area contributed by atoms with Gasteiger partial charge in [0.25, 0.3) is 0 Å². The third-order valence-electron chi connectivity index (χ3n) is 2.12. The van der Waals surface area contributed by atoms with Crippen molar-refractivity contribution in [3.8, 4) is 0 Å². The van der Waals surface area contributed by atoms with Gasteiger partial charge in [-0.05, 0) is 18.2 Å². The van der Waals surface area contributed by atoms with Crippen molar-refractivity contribution in [2.75, 3.05) is 11.9 Å². The molecular weight excluding hydrogens is 322 g/mol. The number of anilines is 1. The molecule has 0 amide bonds. The molecule has 8 heteroatoms. The zero-order valence-corrected chi connectivity index (χ0v) is 10.3. The predicted molar refractivity (Wildman–Crippen MR) is 59.8 cm³/mol. The second kappa shape index (κ2) is 5.55. The van der Waals surface area contributed by atoms with Gasteiger partial charge in [0.05, 0.1) is 5.69 Å². The predicted octanol–water partition coefficient (Wildman–Crippen LogP) is 3.26. The zero-order valence-electron chi connectivity index (χ0n) is 8.76. The summed E-state index contributed by atoms with van der Waals surface area (Å²) in [7, 11) is 0. The zero-order chi connectivity index (χ0) is 13.9. The normalized spacial score (nSPS) is 13.2. The molecule has 0 bridgehead atoms. The van der Waals surface area contributed by atoms with Gasteiger partial charge in [0, 0.05) is 11.0 Å². The fraction of sp³-hybridized carbons (Fsp3) is 0.300. The molecule has 0 aliphatic rings. The van der Waals surface area contributed by atoms with Crippen LogP contribution < -0.4 is 5.32 Å². The molecule has 0 spiro atoms. The summed E-state index contributed by atoms with van der Waals surface area (Å²) in [5, 5.41) is 10.6. The van der Waals surface area contributed by atoms with Gasteiger partial charge in [0.15, 0.2) is 5.92 Å². The first-order chi connectivity index (χ1) is 8.21. The van der Waals surface area contributed by atoms with Gasteiger partial charge < -0.3 is 10.4 Å². The van der Waals surface area contributed by atoms with Crippen molar-refractivity contribution in [1.29, 1.82) is 0 Å². The van der Waals surface area contributed by atoms with Crippen molar-refractivity contribution in [3.05, 3.63) is 28.5 Å². The van der Waals surface area contributed by atoms with Crippen molar-refractivity contribution in [3.63, 3.8) is 0 Å². The number of alkyl halides is 3. The summed E-state index contributed by atoms with van der Waals surface area (Å²) in [4.78, 5) is 10.5. The molecule has 3 nitrogen and oxygen atoms in total. The maximum Gasteiger partial charge on any atom is 0.403 e. The van der Waals surface area contributed by atoms with E-state index in [1.54, 1.807) is 0 Å². The minimum atomic E-state index is -4.89. The van der Waals surface area contributed by atoms with E-state index in [-0.39, 0.29) is 5.69 Å². The summed E-state index contributed by atoms with van der Waals surface area (Å²) in [6, 6.07) is 3.65. The minimum absolute atomic E-state index is 0.195. The lowest BCUT2D eigenvalue weighted by molar-refractivity contribution is -0.190. The highest BCUT2D eigenvalue weighted by atomic mass is 79.9. The molecule has 100 valence electrons. The van der Waals surface area contributed by atoms with Crippen LogP contribution in [-0.4, -0.2) is 23.8 Å². The largest absolute Gasteiger partial charge is 0.481 e. The van der Waals surface area contributed by atoms with Crippen molar-refractivity contribution in [1.82, 2.24) is 0 Å². The first-order valence-electron chi connectivity index (χ1n) is 4.70. The number of hydrogen-bond acceptors (Lipinski definition) is 2. The van der Waals surface area contributed by atoms with E-state index in [4.69, 9.17) is 5.11 Å². The van der Waals surface area contributed by atoms with E-state index in [2.05, 4.69) is 21.2 Å². The molecule has 0 aliphatic carbocycles. The number of hydrogen-bond donors (Lipinski definition) is 2. The Morgan fingerprint density at radius 2 is 2.06 bits per heavy atom. The Morgan fingerprint density at radius 3 is 2.56 bits per heavy atom. The van der Waals surface area contributed by atoms with Crippen LogP contribution in [0.25, 0.3) is 0 Å². The smallest absolute Gasteiger partial charge is 0.403 e. The maximum atomic E-state index is 13.2. The van der Waals surface area contributed by atoms with Gasteiger partial charge >= 0.3 is 12.1 Å². The molecular formula is C10H8BrF4NO2. The van der Waals surface area contributed by atoms with Crippen molar-refractivity contribution < 1.29 is 27.5 Å². The number of benzene rings is 1. The van der Waals surface area contributed by atoms with Crippen LogP contribution >= 0.6 is 15.9 Å². The lowest BCUT2D eigenvalue weighted by atomic mass is 10.1. The van der Waals surface area contributed by atoms with Crippen LogP contribution in [0.15, 0.2) is 22.7 Å². The minimum Gasteiger partial charge on any atom is -0.481 e. The van der Waals surface area contributed by atoms with Gasteiger partial charge in [-0.25, -0.2) is 4.39 Å². The molecule has 0 heterocycles. The number of carboxylic acid groups (broad SMARTS) is 1. The molecule has 0 saturated heterocycles. The third-order valence-corrected chi connectivity index (χ3v) is 2.61. The molecule has 0 saturated carbocycles. The Bertz CT molecular complexity index is 450. The number of rotatable bonds is 4. The van der Waals surface area contributed by atoms with Gasteiger partial charge in [-0.1, -0.05) is 15.9 Å². The molecule has 0 aromatic heterocycles. The molecule has 0 radical (unpaired) electrons. The lowest BCUT2D eigenvalue weighted by Crippen LogP contribution is -2.36. The summed E-state index contributed by atoms with van der Waals surface area (Å²) in [6.45, 7) is -0.938. The summed E-state index contributed by atoms with van der Waals surface area (Å²) < 4.78 is 50.7. The monoisotopic (exact) mass is 329 g/mol. The number of nitrogens with one attached hydrogen (secondary N) is 1. The Hall–Kier alpha value is -1.31. The highest BCUT2D eigenvalue weighted by molar-refractivity contribution is 9.10. The van der Waals surface area contributed by atoms with Crippen LogP contribution in [0.4, 0.5) is 23.2 Å². The van der Waals surface area contributed by atoms with E-state index >= 15 is 0 Å². The van der Waals surface area contributed by atoms with Crippen LogP contribution in [0.2, 0.25) is 0 Å². The van der Waals surface area contributed by atoms with E-state index < -0.39 is 30.4 Å². The highest BCUT2D eigenvalue weighted by Gasteiger charge is 2.44. The Morgan fingerprint density at radius 1 is 1.44 bits per heavy atom. The topological polar surface area (TPSA) is 49.3 Å². The first kappa shape index (κ1) is 14.7. The van der Waals surface area contributed by atoms with Gasteiger partial charge in [0.1, 0.15) is 5.82 Å². The van der Waals surface area contributed by atoms with Gasteiger partial charge in [0.2, 0.25) is 0 Å². The average Bonchev–Trinajstić information content (AvgIpc) is 2.20. The molecule has 1 aromatic carbocycles. The average molecular weight is 330 g/mol. The van der Waals surface area contributed by atoms with Crippen molar-refractivity contribution in [2.24, 2.45) is 5.92 Å². The quantitative estimate of drug-likeness (QED) is 0.833. The number of carboxylic acids is 1. The van der Waals surface area contributed by atoms with Gasteiger partial charge in [-0.2, -0.15) is 13.2 Å². The fourth-order valence-electron chi connectivity index (χ4n) is 1.19. The Balaban J connectivity index is 2.79. The van der Waals surface area contributed by atoms with Crippen LogP contribution in [-0.2, 0) is 4.79 Å². The highest BCUT2D eigenvalue weighted by Crippen LogP contribution is 2.27. The standard InChI is InChI=1S/C10H8BrF4NO2/c11-5-1-2-7(12)8(3-5)16-4-6(9(17)18)10(13,14)15/h1-3,6,16H,4H2,(H,17,18). The summed E-state index contributed by atoms with van der Waals surface area (Å²) in [5.41, 5.74) is -0.195. The maximum absolute atomic E-state index is 13.2. The molecule has 2 N–H and O–H groups in total. The SMILES string of the molecule is O=C(O)C(CNc1cc(Br)ccc1F)C(F)(F)F. The van der Waals surface area contributed by atoms with E-state index in [0.717, 1.165) is 6.07 Å². The molecule has 0 fully saturated rings. The van der Waals surface area contributed by atoms with Crippen LogP contribution in [0.3, 0.4) is 0 Å². The summed E-state index contributed by atoms with van der Waals surface area (Å²) >= 11 is 3.03. The van der Waals surface area contributed by atoms with Crippen molar-refractivity contribution in [2.45, 2.75) is 6.18 Å². The molecule has 1 unspecified atom stereocenters. The van der Waals surface area contributed by atoms with Crippen LogP contribution in [0.5, 0.6) is 0 Å². The van der Waals surface area contributed by atoms with E-state index in [1.807, 2.05) is 0 Å². The fourth-order valence-corrected chi connectivity index (χ4v) is 1.55. The van der Waals surface area contributed by atoms with E-state index in [0.29, 0.717) is 4.47 Å². The number of aliphatic carboxylic acids is 1. The summed E-state index contributed by atoms with van der Waals surface area (Å²) in [6.07, 6.45) is -4.89. The molecule has 1 aromatic rings. The molecule has 1 rings (SSSR count). The Labute approximate surface area is 108 Å². The lowest BCUT2D eigenvalue weighted by Gasteiger charge is -2.17. The molecule has 0 aliphatic heterocycles. The number of halogens is 5. The molecule has 18 heavy (non-hydrogen) atoms. The van der Waals surface area contributed by atoms with Crippen LogP contribution in [0.1, 0.15) is 0 Å². The van der Waals surface area contributed by atoms with Gasteiger partial charge in [-0.15, -0.1) is 0 Å². The van der Waals surface area contributed by atoms with Crippen LogP contribution in [0, 0.1) is 11.7 Å². The summed E-state index contributed by atoms with van der Waals surface area (Å²) in [5.74, 6) is -5.36. The van der Waals surface area contributed by atoms with Gasteiger partial charge in [-0.3, -0.25) is 4.79 Å². The first-order valence-corrected chi connectivity index (χ1v) is 5.49. The van der Waals surface area contributed by atoms with Crippen molar-refractivity contribution >= 4 is 27.6 Å². The van der Waals surface area contributed by atoms with E-state index in [9.17, 15) is 22.4 Å². The number of carbonyl (C=O) groups is 1.